The van der Waals surface area contributed by atoms with Crippen molar-refractivity contribution in [2.45, 2.75) is 12.8 Å². The molecule has 0 fully saturated rings. The molecular weight excluding hydrogens is 232 g/mol. The zero-order valence-electron chi connectivity index (χ0n) is 10.4. The SMILES string of the molecule is CNC1N(C)C=[N+]1c1cccc(CNC(=O)[O-])c1. The number of rotatable bonds is 4. The summed E-state index contributed by atoms with van der Waals surface area (Å²) in [6.07, 6.45) is 0.852. The molecule has 1 unspecified atom stereocenters. The summed E-state index contributed by atoms with van der Waals surface area (Å²) >= 11 is 0. The van der Waals surface area contributed by atoms with E-state index in [1.807, 2.05) is 49.6 Å². The Hall–Kier alpha value is -2.08. The van der Waals surface area contributed by atoms with Crippen molar-refractivity contribution in [1.29, 1.82) is 0 Å². The van der Waals surface area contributed by atoms with Gasteiger partial charge in [-0.15, -0.1) is 0 Å². The van der Waals surface area contributed by atoms with Crippen LogP contribution in [-0.2, 0) is 6.54 Å². The second-order valence-corrected chi connectivity index (χ2v) is 4.16. The third-order valence-corrected chi connectivity index (χ3v) is 2.86. The molecule has 1 aliphatic rings. The molecule has 18 heavy (non-hydrogen) atoms. The smallest absolute Gasteiger partial charge is 0.297 e. The van der Waals surface area contributed by atoms with Gasteiger partial charge >= 0.3 is 0 Å². The Bertz CT molecular complexity index is 487. The average Bonchev–Trinajstić information content (AvgIpc) is 2.34. The predicted octanol–water partition coefficient (Wildman–Crippen LogP) is -0.760. The lowest BCUT2D eigenvalue weighted by Crippen LogP contribution is -2.57. The molecule has 0 radical (unpaired) electrons. The highest BCUT2D eigenvalue weighted by Gasteiger charge is 2.34. The Morgan fingerprint density at radius 1 is 1.56 bits per heavy atom. The highest BCUT2D eigenvalue weighted by Crippen LogP contribution is 2.20. The van der Waals surface area contributed by atoms with Crippen molar-refractivity contribution in [2.24, 2.45) is 0 Å². The van der Waals surface area contributed by atoms with Crippen molar-refractivity contribution in [3.8, 4) is 0 Å². The minimum Gasteiger partial charge on any atom is -0.530 e. The fourth-order valence-electron chi connectivity index (χ4n) is 2.00. The number of carbonyl (C=O) groups excluding carboxylic acids is 1. The standard InChI is InChI=1S/C12H16N4O2/c1-13-11-15(2)8-16(11)10-5-3-4-9(6-10)7-14-12(17)18/h3-6,8,11,13-14H,7H2,1-2H3. The Labute approximate surface area is 106 Å². The number of nitrogens with zero attached hydrogens (tertiary/aromatic N) is 2. The molecule has 1 atom stereocenters. The molecule has 0 saturated heterocycles. The Morgan fingerprint density at radius 2 is 2.33 bits per heavy atom. The minimum absolute atomic E-state index is 0.134. The molecule has 0 aliphatic carbocycles. The second-order valence-electron chi connectivity index (χ2n) is 4.16. The molecule has 96 valence electrons. The maximum atomic E-state index is 10.3. The summed E-state index contributed by atoms with van der Waals surface area (Å²) in [4.78, 5) is 12.4. The molecule has 1 heterocycles. The van der Waals surface area contributed by atoms with Gasteiger partial charge in [-0.25, -0.2) is 10.2 Å². The summed E-state index contributed by atoms with van der Waals surface area (Å²) in [5.41, 5.74) is 1.92. The molecule has 6 heteroatoms. The van der Waals surface area contributed by atoms with E-state index in [9.17, 15) is 9.90 Å². The molecule has 1 amide bonds. The third kappa shape index (κ3) is 2.43. The number of amides is 1. The number of nitrogens with one attached hydrogen (secondary N) is 2. The molecule has 6 nitrogen and oxygen atoms in total. The van der Waals surface area contributed by atoms with Gasteiger partial charge in [0.1, 0.15) is 11.8 Å². The quantitative estimate of drug-likeness (QED) is 0.687. The lowest BCUT2D eigenvalue weighted by Gasteiger charge is -2.29. The zero-order valence-corrected chi connectivity index (χ0v) is 10.4. The molecular formula is C12H16N4O2. The zero-order chi connectivity index (χ0) is 13.1. The summed E-state index contributed by atoms with van der Waals surface area (Å²) in [5.74, 6) is 0. The van der Waals surface area contributed by atoms with Crippen LogP contribution in [0.1, 0.15) is 5.56 Å². The lowest BCUT2D eigenvalue weighted by molar-refractivity contribution is -0.555. The van der Waals surface area contributed by atoms with Crippen LogP contribution in [0.25, 0.3) is 0 Å². The van der Waals surface area contributed by atoms with Gasteiger partial charge in [0.05, 0.1) is 7.05 Å². The Balaban J connectivity index is 2.13. The van der Waals surface area contributed by atoms with E-state index in [0.29, 0.717) is 0 Å². The molecule has 0 bridgehead atoms. The molecule has 1 aromatic carbocycles. The average molecular weight is 248 g/mol. The molecule has 1 aliphatic heterocycles. The summed E-state index contributed by atoms with van der Waals surface area (Å²) in [6, 6.07) is 7.71. The normalized spacial score (nSPS) is 18.0. The number of hydrogen-bond donors (Lipinski definition) is 2. The van der Waals surface area contributed by atoms with E-state index < -0.39 is 6.09 Å². The van der Waals surface area contributed by atoms with Crippen molar-refractivity contribution in [3.05, 3.63) is 29.8 Å². The summed E-state index contributed by atoms with van der Waals surface area (Å²) in [5, 5.41) is 15.8. The Kier molecular flexibility index (Phi) is 3.47. The first-order valence-corrected chi connectivity index (χ1v) is 5.68. The molecule has 2 N–H and O–H groups in total. The van der Waals surface area contributed by atoms with E-state index >= 15 is 0 Å². The van der Waals surface area contributed by atoms with E-state index in [1.165, 1.54) is 0 Å². The molecule has 0 spiro atoms. The van der Waals surface area contributed by atoms with Crippen molar-refractivity contribution in [3.63, 3.8) is 0 Å². The van der Waals surface area contributed by atoms with Crippen LogP contribution in [0.5, 0.6) is 0 Å². The van der Waals surface area contributed by atoms with Gasteiger partial charge in [-0.3, -0.25) is 0 Å². The van der Waals surface area contributed by atoms with Crippen molar-refractivity contribution in [1.82, 2.24) is 15.5 Å². The van der Waals surface area contributed by atoms with Crippen LogP contribution in [0.4, 0.5) is 10.5 Å². The van der Waals surface area contributed by atoms with Crippen LogP contribution in [0.2, 0.25) is 0 Å². The first kappa shape index (κ1) is 12.4. The van der Waals surface area contributed by atoms with E-state index in [4.69, 9.17) is 0 Å². The van der Waals surface area contributed by atoms with Gasteiger partial charge in [-0.2, -0.15) is 4.58 Å². The summed E-state index contributed by atoms with van der Waals surface area (Å²) in [6.45, 7) is 0.254. The third-order valence-electron chi connectivity index (χ3n) is 2.86. The lowest BCUT2D eigenvalue weighted by atomic mass is 10.2. The monoisotopic (exact) mass is 248 g/mol. The Morgan fingerprint density at radius 3 is 2.94 bits per heavy atom. The van der Waals surface area contributed by atoms with Gasteiger partial charge in [0.2, 0.25) is 6.34 Å². The number of carboxylic acid groups (broad SMARTS) is 1. The molecule has 2 rings (SSSR count). The second kappa shape index (κ2) is 5.05. The number of hydrogen-bond acceptors (Lipinski definition) is 4. The fraction of sp³-hybridized carbons (Fsp3) is 0.333. The fourth-order valence-corrected chi connectivity index (χ4v) is 2.00. The van der Waals surface area contributed by atoms with Crippen LogP contribution in [0.3, 0.4) is 0 Å². The van der Waals surface area contributed by atoms with Crippen LogP contribution in [0.15, 0.2) is 24.3 Å². The van der Waals surface area contributed by atoms with E-state index in [-0.39, 0.29) is 12.8 Å². The maximum Gasteiger partial charge on any atom is 0.297 e. The van der Waals surface area contributed by atoms with Gasteiger partial charge < -0.3 is 15.2 Å². The van der Waals surface area contributed by atoms with Gasteiger partial charge in [0.25, 0.3) is 6.29 Å². The molecule has 0 saturated carbocycles. The topological polar surface area (TPSA) is 70.4 Å². The molecule has 0 aromatic heterocycles. The highest BCUT2D eigenvalue weighted by molar-refractivity contribution is 5.62. The summed E-state index contributed by atoms with van der Waals surface area (Å²) < 4.78 is 2.07. The van der Waals surface area contributed by atoms with Gasteiger partial charge in [0, 0.05) is 6.54 Å². The van der Waals surface area contributed by atoms with E-state index in [1.54, 1.807) is 0 Å². The predicted molar refractivity (Wildman–Crippen MR) is 65.3 cm³/mol. The van der Waals surface area contributed by atoms with Gasteiger partial charge in [-0.05, 0) is 24.7 Å². The minimum atomic E-state index is -1.26. The van der Waals surface area contributed by atoms with Gasteiger partial charge in [-0.1, -0.05) is 12.1 Å². The van der Waals surface area contributed by atoms with Gasteiger partial charge in [0.15, 0.2) is 0 Å². The number of carbonyl (C=O) groups is 1. The first-order valence-electron chi connectivity index (χ1n) is 5.68. The molecule has 1 aromatic rings. The summed E-state index contributed by atoms with van der Waals surface area (Å²) in [7, 11) is 3.88. The number of benzene rings is 1. The van der Waals surface area contributed by atoms with Crippen molar-refractivity contribution < 1.29 is 14.5 Å². The van der Waals surface area contributed by atoms with Crippen LogP contribution >= 0.6 is 0 Å². The van der Waals surface area contributed by atoms with Crippen LogP contribution in [0, 0.1) is 0 Å². The van der Waals surface area contributed by atoms with Crippen LogP contribution in [-0.4, -0.2) is 42.3 Å². The van der Waals surface area contributed by atoms with Crippen LogP contribution < -0.4 is 15.7 Å². The maximum absolute atomic E-state index is 10.3. The van der Waals surface area contributed by atoms with E-state index in [2.05, 4.69) is 15.2 Å². The van der Waals surface area contributed by atoms with Crippen molar-refractivity contribution >= 4 is 18.1 Å². The first-order chi connectivity index (χ1) is 8.61. The van der Waals surface area contributed by atoms with E-state index in [0.717, 1.165) is 11.3 Å². The highest BCUT2D eigenvalue weighted by atomic mass is 16.4. The largest absolute Gasteiger partial charge is 0.530 e. The van der Waals surface area contributed by atoms with Crippen molar-refractivity contribution in [2.75, 3.05) is 14.1 Å².